The SMILES string of the molecule is O=Cc1cccc(C(=O)OC2CC[Si]CC2)c1. The summed E-state index contributed by atoms with van der Waals surface area (Å²) in [5.74, 6) is -0.316. The lowest BCUT2D eigenvalue weighted by Gasteiger charge is -2.21. The number of aldehydes is 1. The Hall–Kier alpha value is -1.42. The maximum Gasteiger partial charge on any atom is 0.338 e. The normalized spacial score (nSPS) is 16.5. The molecule has 1 aliphatic heterocycles. The van der Waals surface area contributed by atoms with Gasteiger partial charge in [0.05, 0.1) is 5.56 Å². The van der Waals surface area contributed by atoms with Gasteiger partial charge in [-0.25, -0.2) is 4.79 Å². The number of benzene rings is 1. The van der Waals surface area contributed by atoms with Gasteiger partial charge in [0.25, 0.3) is 0 Å². The van der Waals surface area contributed by atoms with E-state index in [1.54, 1.807) is 24.3 Å². The monoisotopic (exact) mass is 246 g/mol. The number of carbonyl (C=O) groups excluding carboxylic acids is 2. The van der Waals surface area contributed by atoms with Gasteiger partial charge in [0.1, 0.15) is 12.4 Å². The van der Waals surface area contributed by atoms with Crippen molar-refractivity contribution in [3.8, 4) is 0 Å². The summed E-state index contributed by atoms with van der Waals surface area (Å²) in [6, 6.07) is 8.94. The van der Waals surface area contributed by atoms with Crippen LogP contribution in [0.3, 0.4) is 0 Å². The summed E-state index contributed by atoms with van der Waals surface area (Å²) in [4.78, 5) is 22.5. The summed E-state index contributed by atoms with van der Waals surface area (Å²) in [5.41, 5.74) is 0.965. The van der Waals surface area contributed by atoms with Crippen LogP contribution in [-0.2, 0) is 4.74 Å². The first-order valence-corrected chi connectivity index (χ1v) is 7.18. The number of rotatable bonds is 3. The van der Waals surface area contributed by atoms with E-state index in [1.807, 2.05) is 0 Å². The Balaban J connectivity index is 2.00. The second-order valence-electron chi connectivity index (χ2n) is 4.10. The van der Waals surface area contributed by atoms with E-state index in [0.29, 0.717) is 11.1 Å². The van der Waals surface area contributed by atoms with Gasteiger partial charge in [-0.15, -0.1) is 0 Å². The first kappa shape index (κ1) is 12.0. The standard InChI is InChI=1S/C13H14O3Si/c14-9-10-2-1-3-11(8-10)13(15)16-12-4-6-17-7-5-12/h1-3,8-9,12H,4-7H2. The van der Waals surface area contributed by atoms with Crippen molar-refractivity contribution in [1.82, 2.24) is 0 Å². The van der Waals surface area contributed by atoms with Gasteiger partial charge in [0, 0.05) is 15.1 Å². The van der Waals surface area contributed by atoms with Gasteiger partial charge in [-0.1, -0.05) is 24.2 Å². The predicted octanol–water partition coefficient (Wildman–Crippen LogP) is 2.36. The highest BCUT2D eigenvalue weighted by atomic mass is 28.2. The zero-order chi connectivity index (χ0) is 12.1. The maximum absolute atomic E-state index is 11.8. The first-order chi connectivity index (χ1) is 8.29. The Bertz CT molecular complexity index is 411. The molecule has 4 heteroatoms. The molecule has 1 aromatic rings. The second kappa shape index (κ2) is 5.77. The molecule has 2 rings (SSSR count). The third-order valence-corrected chi connectivity index (χ3v) is 4.10. The molecule has 1 aliphatic rings. The number of hydrogen-bond donors (Lipinski definition) is 0. The number of carbonyl (C=O) groups is 2. The van der Waals surface area contributed by atoms with Crippen LogP contribution in [0.1, 0.15) is 33.6 Å². The summed E-state index contributed by atoms with van der Waals surface area (Å²) in [6.07, 6.45) is 2.73. The molecule has 2 radical (unpaired) electrons. The summed E-state index contributed by atoms with van der Waals surface area (Å²) in [7, 11) is 1.01. The van der Waals surface area contributed by atoms with Crippen LogP contribution < -0.4 is 0 Å². The molecular formula is C13H14O3Si. The molecule has 0 aliphatic carbocycles. The van der Waals surface area contributed by atoms with Crippen LogP contribution >= 0.6 is 0 Å². The van der Waals surface area contributed by atoms with Crippen molar-refractivity contribution in [3.63, 3.8) is 0 Å². The van der Waals surface area contributed by atoms with Gasteiger partial charge in [0.15, 0.2) is 0 Å². The maximum atomic E-state index is 11.8. The third kappa shape index (κ3) is 3.26. The smallest absolute Gasteiger partial charge is 0.338 e. The average molecular weight is 246 g/mol. The molecule has 0 unspecified atom stereocenters. The van der Waals surface area contributed by atoms with E-state index in [9.17, 15) is 9.59 Å². The summed E-state index contributed by atoms with van der Waals surface area (Å²) < 4.78 is 5.43. The van der Waals surface area contributed by atoms with E-state index in [2.05, 4.69) is 0 Å². The molecule has 0 amide bonds. The van der Waals surface area contributed by atoms with E-state index in [-0.39, 0.29) is 12.1 Å². The van der Waals surface area contributed by atoms with Gasteiger partial charge in [-0.3, -0.25) is 4.79 Å². The summed E-state index contributed by atoms with van der Waals surface area (Å²) in [5, 5.41) is 0. The van der Waals surface area contributed by atoms with Gasteiger partial charge in [0.2, 0.25) is 0 Å². The molecule has 0 atom stereocenters. The third-order valence-electron chi connectivity index (χ3n) is 2.82. The van der Waals surface area contributed by atoms with Gasteiger partial charge >= 0.3 is 5.97 Å². The molecule has 0 spiro atoms. The average Bonchev–Trinajstić information content (AvgIpc) is 2.40. The van der Waals surface area contributed by atoms with E-state index >= 15 is 0 Å². The Morgan fingerprint density at radius 3 is 2.82 bits per heavy atom. The van der Waals surface area contributed by atoms with Gasteiger partial charge in [-0.2, -0.15) is 0 Å². The van der Waals surface area contributed by atoms with Crippen LogP contribution in [-0.4, -0.2) is 27.9 Å². The highest BCUT2D eigenvalue weighted by Gasteiger charge is 2.18. The van der Waals surface area contributed by atoms with Crippen LogP contribution in [0.15, 0.2) is 24.3 Å². The summed E-state index contributed by atoms with van der Waals surface area (Å²) in [6.45, 7) is 0. The van der Waals surface area contributed by atoms with Crippen LogP contribution in [0.5, 0.6) is 0 Å². The van der Waals surface area contributed by atoms with Crippen molar-refractivity contribution >= 4 is 21.8 Å². The zero-order valence-corrected chi connectivity index (χ0v) is 10.5. The van der Waals surface area contributed by atoms with Crippen LogP contribution in [0.25, 0.3) is 0 Å². The minimum atomic E-state index is -0.316. The predicted molar refractivity (Wildman–Crippen MR) is 65.6 cm³/mol. The lowest BCUT2D eigenvalue weighted by Crippen LogP contribution is -2.22. The van der Waals surface area contributed by atoms with E-state index in [0.717, 1.165) is 40.7 Å². The minimum Gasteiger partial charge on any atom is -0.459 e. The molecule has 17 heavy (non-hydrogen) atoms. The van der Waals surface area contributed by atoms with Gasteiger partial charge in [-0.05, 0) is 25.0 Å². The van der Waals surface area contributed by atoms with Crippen molar-refractivity contribution in [2.45, 2.75) is 31.0 Å². The molecule has 0 N–H and O–H groups in total. The number of hydrogen-bond acceptors (Lipinski definition) is 3. The molecule has 1 fully saturated rings. The molecule has 1 heterocycles. The van der Waals surface area contributed by atoms with Crippen LogP contribution in [0.4, 0.5) is 0 Å². The van der Waals surface area contributed by atoms with Crippen LogP contribution in [0, 0.1) is 0 Å². The lowest BCUT2D eigenvalue weighted by atomic mass is 10.1. The Morgan fingerprint density at radius 1 is 1.35 bits per heavy atom. The molecule has 1 aromatic carbocycles. The zero-order valence-electron chi connectivity index (χ0n) is 9.52. The van der Waals surface area contributed by atoms with Crippen molar-refractivity contribution in [2.24, 2.45) is 0 Å². The van der Waals surface area contributed by atoms with Crippen LogP contribution in [0.2, 0.25) is 12.1 Å². The number of ether oxygens (including phenoxy) is 1. The van der Waals surface area contributed by atoms with Gasteiger partial charge < -0.3 is 4.74 Å². The Labute approximate surface area is 103 Å². The van der Waals surface area contributed by atoms with Crippen molar-refractivity contribution in [2.75, 3.05) is 0 Å². The molecule has 88 valence electrons. The Kier molecular flexibility index (Phi) is 4.09. The van der Waals surface area contributed by atoms with E-state index < -0.39 is 0 Å². The van der Waals surface area contributed by atoms with E-state index in [1.165, 1.54) is 0 Å². The fourth-order valence-corrected chi connectivity index (χ4v) is 3.17. The quantitative estimate of drug-likeness (QED) is 0.467. The molecular weight excluding hydrogens is 232 g/mol. The molecule has 0 aromatic heterocycles. The van der Waals surface area contributed by atoms with E-state index in [4.69, 9.17) is 4.74 Å². The lowest BCUT2D eigenvalue weighted by molar-refractivity contribution is 0.0275. The topological polar surface area (TPSA) is 43.4 Å². The largest absolute Gasteiger partial charge is 0.459 e. The fraction of sp³-hybridized carbons (Fsp3) is 0.385. The van der Waals surface area contributed by atoms with Crippen molar-refractivity contribution < 1.29 is 14.3 Å². The number of esters is 1. The highest BCUT2D eigenvalue weighted by molar-refractivity contribution is 6.35. The molecule has 3 nitrogen and oxygen atoms in total. The Morgan fingerprint density at radius 2 is 2.12 bits per heavy atom. The van der Waals surface area contributed by atoms with Crippen molar-refractivity contribution in [1.29, 1.82) is 0 Å². The summed E-state index contributed by atoms with van der Waals surface area (Å²) >= 11 is 0. The van der Waals surface area contributed by atoms with Crippen molar-refractivity contribution in [3.05, 3.63) is 35.4 Å². The fourth-order valence-electron chi connectivity index (χ4n) is 1.87. The molecule has 0 saturated carbocycles. The first-order valence-electron chi connectivity index (χ1n) is 5.76. The minimum absolute atomic E-state index is 0.0589. The molecule has 0 bridgehead atoms. The highest BCUT2D eigenvalue weighted by Crippen LogP contribution is 2.18. The second-order valence-corrected chi connectivity index (χ2v) is 5.60. The molecule has 1 saturated heterocycles.